The molecule has 0 N–H and O–H groups in total. The van der Waals surface area contributed by atoms with Crippen LogP contribution in [0.3, 0.4) is 0 Å². The number of halogens is 2. The number of nitrogens with zero attached hydrogens (tertiary/aromatic N) is 3. The lowest BCUT2D eigenvalue weighted by Gasteiger charge is -2.20. The van der Waals surface area contributed by atoms with Crippen LogP contribution in [0.1, 0.15) is 18.7 Å². The fraction of sp³-hybridized carbons (Fsp3) is 0.263. The summed E-state index contributed by atoms with van der Waals surface area (Å²) in [5.74, 6) is 0.888. The molecule has 0 bridgehead atoms. The number of alkyl halides is 2. The van der Waals surface area contributed by atoms with Crippen LogP contribution in [0.4, 0.5) is 14.6 Å². The first-order valence-electron chi connectivity index (χ1n) is 8.09. The number of para-hydroxylation sites is 2. The van der Waals surface area contributed by atoms with E-state index >= 15 is 0 Å². The summed E-state index contributed by atoms with van der Waals surface area (Å²) in [4.78, 5) is 9.87. The highest BCUT2D eigenvalue weighted by Gasteiger charge is 2.17. The third kappa shape index (κ3) is 4.21. The standard InChI is InChI=1S/C19H19F2N3O/c1-24(12-7-13-25-14-8-3-2-4-9-14)19-15-10-5-6-11-16(15)22-18(23-19)17(20)21/h2-6,8-11,17H,7,12-13H2,1H3. The minimum Gasteiger partial charge on any atom is -0.494 e. The maximum atomic E-state index is 13.1. The lowest BCUT2D eigenvalue weighted by molar-refractivity contribution is 0.141. The van der Waals surface area contributed by atoms with E-state index in [2.05, 4.69) is 9.97 Å². The van der Waals surface area contributed by atoms with Gasteiger partial charge in [0.2, 0.25) is 0 Å². The van der Waals surface area contributed by atoms with Gasteiger partial charge in [-0.2, -0.15) is 0 Å². The number of rotatable bonds is 7. The molecule has 0 saturated heterocycles. The van der Waals surface area contributed by atoms with Gasteiger partial charge < -0.3 is 9.64 Å². The SMILES string of the molecule is CN(CCCOc1ccccc1)c1nc(C(F)F)nc2ccccc12. The van der Waals surface area contributed by atoms with Crippen molar-refractivity contribution in [3.05, 3.63) is 60.4 Å². The highest BCUT2D eigenvalue weighted by atomic mass is 19.3. The van der Waals surface area contributed by atoms with Crippen molar-refractivity contribution in [1.29, 1.82) is 0 Å². The van der Waals surface area contributed by atoms with Crippen LogP contribution in [-0.2, 0) is 0 Å². The topological polar surface area (TPSA) is 38.2 Å². The summed E-state index contributed by atoms with van der Waals surface area (Å²) in [5.41, 5.74) is 0.523. The molecule has 0 unspecified atom stereocenters. The molecule has 0 amide bonds. The Morgan fingerprint density at radius 1 is 1.00 bits per heavy atom. The van der Waals surface area contributed by atoms with E-state index in [1.807, 2.05) is 54.4 Å². The van der Waals surface area contributed by atoms with Gasteiger partial charge in [0.1, 0.15) is 11.6 Å². The first kappa shape index (κ1) is 17.1. The number of aromatic nitrogens is 2. The second kappa shape index (κ2) is 7.88. The zero-order valence-electron chi connectivity index (χ0n) is 13.9. The van der Waals surface area contributed by atoms with Crippen LogP contribution in [0.25, 0.3) is 10.9 Å². The van der Waals surface area contributed by atoms with Gasteiger partial charge in [-0.05, 0) is 30.7 Å². The van der Waals surface area contributed by atoms with Crippen LogP contribution in [0, 0.1) is 0 Å². The summed E-state index contributed by atoms with van der Waals surface area (Å²) in [6.07, 6.45) is -1.95. The molecular weight excluding hydrogens is 324 g/mol. The van der Waals surface area contributed by atoms with Gasteiger partial charge in [-0.25, -0.2) is 18.7 Å². The molecule has 3 rings (SSSR count). The average molecular weight is 343 g/mol. The van der Waals surface area contributed by atoms with Crippen molar-refractivity contribution in [3.63, 3.8) is 0 Å². The van der Waals surface area contributed by atoms with E-state index in [1.165, 1.54) is 0 Å². The lowest BCUT2D eigenvalue weighted by atomic mass is 10.2. The van der Waals surface area contributed by atoms with Gasteiger partial charge in [0, 0.05) is 19.0 Å². The molecule has 130 valence electrons. The van der Waals surface area contributed by atoms with Gasteiger partial charge in [-0.3, -0.25) is 0 Å². The third-order valence-corrected chi connectivity index (χ3v) is 3.81. The number of benzene rings is 2. The molecule has 2 aromatic carbocycles. The molecule has 0 saturated carbocycles. The summed E-state index contributed by atoms with van der Waals surface area (Å²) >= 11 is 0. The van der Waals surface area contributed by atoms with Crippen LogP contribution in [-0.4, -0.2) is 30.2 Å². The molecule has 0 radical (unpaired) electrons. The summed E-state index contributed by atoms with van der Waals surface area (Å²) < 4.78 is 31.8. The zero-order chi connectivity index (χ0) is 17.6. The van der Waals surface area contributed by atoms with Crippen LogP contribution in [0.5, 0.6) is 5.75 Å². The Morgan fingerprint density at radius 3 is 2.48 bits per heavy atom. The number of hydrogen-bond acceptors (Lipinski definition) is 4. The zero-order valence-corrected chi connectivity index (χ0v) is 13.9. The van der Waals surface area contributed by atoms with E-state index < -0.39 is 12.2 Å². The molecule has 0 spiro atoms. The van der Waals surface area contributed by atoms with Gasteiger partial charge >= 0.3 is 0 Å². The van der Waals surface area contributed by atoms with Crippen molar-refractivity contribution in [2.75, 3.05) is 25.1 Å². The molecule has 0 aliphatic carbocycles. The van der Waals surface area contributed by atoms with Gasteiger partial charge in [-0.15, -0.1) is 0 Å². The second-order valence-corrected chi connectivity index (χ2v) is 5.66. The first-order chi connectivity index (χ1) is 12.1. The Balaban J connectivity index is 1.69. The fourth-order valence-electron chi connectivity index (χ4n) is 2.58. The molecule has 0 fully saturated rings. The first-order valence-corrected chi connectivity index (χ1v) is 8.09. The minimum absolute atomic E-state index is 0.443. The van der Waals surface area contributed by atoms with Crippen LogP contribution in [0.2, 0.25) is 0 Å². The van der Waals surface area contributed by atoms with Crippen LogP contribution < -0.4 is 9.64 Å². The van der Waals surface area contributed by atoms with E-state index in [-0.39, 0.29) is 0 Å². The quantitative estimate of drug-likeness (QED) is 0.593. The van der Waals surface area contributed by atoms with Crippen molar-refractivity contribution < 1.29 is 13.5 Å². The predicted octanol–water partition coefficient (Wildman–Crippen LogP) is 4.47. The Labute approximate surface area is 145 Å². The smallest absolute Gasteiger partial charge is 0.297 e. The van der Waals surface area contributed by atoms with Crippen molar-refractivity contribution in [2.45, 2.75) is 12.8 Å². The third-order valence-electron chi connectivity index (χ3n) is 3.81. The highest BCUT2D eigenvalue weighted by Crippen LogP contribution is 2.26. The van der Waals surface area contributed by atoms with Crippen molar-refractivity contribution >= 4 is 16.7 Å². The van der Waals surface area contributed by atoms with Crippen LogP contribution >= 0.6 is 0 Å². The van der Waals surface area contributed by atoms with Crippen molar-refractivity contribution in [1.82, 2.24) is 9.97 Å². The average Bonchev–Trinajstić information content (AvgIpc) is 2.65. The molecule has 6 heteroatoms. The molecule has 1 aromatic heterocycles. The molecule has 0 aliphatic rings. The van der Waals surface area contributed by atoms with Gasteiger partial charge in [0.15, 0.2) is 5.82 Å². The monoisotopic (exact) mass is 343 g/mol. The largest absolute Gasteiger partial charge is 0.494 e. The number of anilines is 1. The number of fused-ring (bicyclic) bond motifs is 1. The van der Waals surface area contributed by atoms with E-state index in [0.717, 1.165) is 17.6 Å². The molecule has 3 aromatic rings. The van der Waals surface area contributed by atoms with Gasteiger partial charge in [0.05, 0.1) is 12.1 Å². The second-order valence-electron chi connectivity index (χ2n) is 5.66. The van der Waals surface area contributed by atoms with E-state index in [9.17, 15) is 8.78 Å². The summed E-state index contributed by atoms with van der Waals surface area (Å²) in [5, 5.41) is 0.762. The van der Waals surface area contributed by atoms with E-state index in [0.29, 0.717) is 24.5 Å². The molecule has 0 atom stereocenters. The molecule has 25 heavy (non-hydrogen) atoms. The van der Waals surface area contributed by atoms with Gasteiger partial charge in [0.25, 0.3) is 6.43 Å². The highest BCUT2D eigenvalue weighted by molar-refractivity contribution is 5.89. The summed E-state index contributed by atoms with van der Waals surface area (Å²) in [7, 11) is 1.84. The van der Waals surface area contributed by atoms with Crippen molar-refractivity contribution in [3.8, 4) is 5.75 Å². The number of hydrogen-bond donors (Lipinski definition) is 0. The normalized spacial score (nSPS) is 11.0. The molecule has 0 aliphatic heterocycles. The van der Waals surface area contributed by atoms with Crippen molar-refractivity contribution in [2.24, 2.45) is 0 Å². The molecule has 4 nitrogen and oxygen atoms in total. The number of ether oxygens (including phenoxy) is 1. The maximum Gasteiger partial charge on any atom is 0.297 e. The van der Waals surface area contributed by atoms with E-state index in [1.54, 1.807) is 12.1 Å². The summed E-state index contributed by atoms with van der Waals surface area (Å²) in [6.45, 7) is 1.18. The predicted molar refractivity (Wildman–Crippen MR) is 94.3 cm³/mol. The Kier molecular flexibility index (Phi) is 5.38. The Hall–Kier alpha value is -2.76. The molecule has 1 heterocycles. The Bertz CT molecular complexity index is 827. The minimum atomic E-state index is -2.70. The molecular formula is C19H19F2N3O. The Morgan fingerprint density at radius 2 is 1.72 bits per heavy atom. The maximum absolute atomic E-state index is 13.1. The lowest BCUT2D eigenvalue weighted by Crippen LogP contribution is -2.22. The summed E-state index contributed by atoms with van der Waals surface area (Å²) in [6, 6.07) is 16.8. The fourth-order valence-corrected chi connectivity index (χ4v) is 2.58. The van der Waals surface area contributed by atoms with Crippen LogP contribution in [0.15, 0.2) is 54.6 Å². The van der Waals surface area contributed by atoms with Gasteiger partial charge in [-0.1, -0.05) is 30.3 Å². The van der Waals surface area contributed by atoms with E-state index in [4.69, 9.17) is 4.74 Å².